The van der Waals surface area contributed by atoms with Gasteiger partial charge in [-0.15, -0.1) is 5.10 Å². The Morgan fingerprint density at radius 1 is 0.950 bits per heavy atom. The van der Waals surface area contributed by atoms with E-state index >= 15 is 0 Å². The van der Waals surface area contributed by atoms with Crippen LogP contribution in [0.5, 0.6) is 0 Å². The summed E-state index contributed by atoms with van der Waals surface area (Å²) < 4.78 is 48.3. The molecule has 1 N–H and O–H groups in total. The van der Waals surface area contributed by atoms with E-state index in [9.17, 15) is 13.9 Å². The summed E-state index contributed by atoms with van der Waals surface area (Å²) >= 11 is 19.2. The van der Waals surface area contributed by atoms with Gasteiger partial charge in [-0.05, 0) is 30.3 Å². The minimum Gasteiger partial charge on any atom is -0.387 e. The fraction of sp³-hybridized carbons (Fsp3) is 0.259. The van der Waals surface area contributed by atoms with E-state index in [-0.39, 0.29) is 17.9 Å². The molecule has 4 aromatic rings. The van der Waals surface area contributed by atoms with Crippen LogP contribution in [0.2, 0.25) is 15.1 Å². The molecule has 0 bridgehead atoms. The molecule has 2 aliphatic rings. The Labute approximate surface area is 246 Å². The molecule has 1 aromatic heterocycles. The van der Waals surface area contributed by atoms with Crippen molar-refractivity contribution in [3.8, 4) is 11.3 Å². The van der Waals surface area contributed by atoms with Crippen molar-refractivity contribution in [1.82, 2.24) is 15.0 Å². The van der Waals surface area contributed by atoms with Gasteiger partial charge in [0.2, 0.25) is 0 Å². The van der Waals surface area contributed by atoms with Crippen LogP contribution in [0.3, 0.4) is 0 Å². The van der Waals surface area contributed by atoms with Crippen LogP contribution in [0.15, 0.2) is 71.8 Å². The number of benzene rings is 3. The van der Waals surface area contributed by atoms with E-state index in [4.69, 9.17) is 49.0 Å². The van der Waals surface area contributed by atoms with Gasteiger partial charge in [-0.2, -0.15) is 0 Å². The minimum absolute atomic E-state index is 0.139. The van der Waals surface area contributed by atoms with Crippen LogP contribution in [0.4, 0.5) is 8.78 Å². The number of halogens is 5. The maximum Gasteiger partial charge on any atom is 0.184 e. The lowest BCUT2D eigenvalue weighted by atomic mass is 9.96. The first-order valence-corrected chi connectivity index (χ1v) is 14.1. The van der Waals surface area contributed by atoms with Gasteiger partial charge in [0.1, 0.15) is 52.1 Å². The van der Waals surface area contributed by atoms with Crippen molar-refractivity contribution in [2.75, 3.05) is 6.61 Å². The topological polar surface area (TPSA) is 78.6 Å². The van der Waals surface area contributed by atoms with E-state index < -0.39 is 52.7 Å². The number of rotatable bonds is 5. The van der Waals surface area contributed by atoms with Gasteiger partial charge in [0.05, 0.1) is 22.8 Å². The van der Waals surface area contributed by atoms with E-state index in [1.807, 2.05) is 30.3 Å². The summed E-state index contributed by atoms with van der Waals surface area (Å²) in [5.41, 5.74) is 0.348. The zero-order chi connectivity index (χ0) is 28.0. The van der Waals surface area contributed by atoms with Crippen LogP contribution in [-0.4, -0.2) is 50.5 Å². The average Bonchev–Trinajstić information content (AvgIpc) is 3.44. The maximum absolute atomic E-state index is 14.1. The van der Waals surface area contributed by atoms with Crippen molar-refractivity contribution in [1.29, 1.82) is 0 Å². The first kappa shape index (κ1) is 27.9. The van der Waals surface area contributed by atoms with E-state index in [2.05, 4.69) is 10.3 Å². The molecule has 0 amide bonds. The van der Waals surface area contributed by atoms with Gasteiger partial charge in [0.15, 0.2) is 6.29 Å². The number of aromatic nitrogens is 3. The molecular weight excluding hydrogens is 607 g/mol. The summed E-state index contributed by atoms with van der Waals surface area (Å²) in [7, 11) is 0. The Morgan fingerprint density at radius 3 is 2.42 bits per heavy atom. The summed E-state index contributed by atoms with van der Waals surface area (Å²) in [5.74, 6) is -1.84. The third kappa shape index (κ3) is 5.47. The summed E-state index contributed by atoms with van der Waals surface area (Å²) in [5, 5.41) is 20.1. The van der Waals surface area contributed by atoms with Gasteiger partial charge < -0.3 is 19.3 Å². The number of hydrogen-bond acceptors (Lipinski definition) is 7. The number of aliphatic hydroxyl groups is 1. The molecule has 40 heavy (non-hydrogen) atoms. The zero-order valence-electron chi connectivity index (χ0n) is 20.3. The molecule has 0 saturated carbocycles. The van der Waals surface area contributed by atoms with Gasteiger partial charge in [-0.25, -0.2) is 13.5 Å². The van der Waals surface area contributed by atoms with Crippen molar-refractivity contribution >= 4 is 46.6 Å². The molecule has 3 heterocycles. The van der Waals surface area contributed by atoms with Crippen LogP contribution >= 0.6 is 46.6 Å². The summed E-state index contributed by atoms with van der Waals surface area (Å²) in [6, 6.07) is 15.8. The first-order chi connectivity index (χ1) is 19.3. The van der Waals surface area contributed by atoms with Gasteiger partial charge in [0, 0.05) is 16.0 Å². The summed E-state index contributed by atoms with van der Waals surface area (Å²) in [6.45, 7) is 0.182. The molecule has 2 aliphatic heterocycles. The highest BCUT2D eigenvalue weighted by Gasteiger charge is 2.51. The third-order valence-corrected chi connectivity index (χ3v) is 8.89. The number of fused-ring (bicyclic) bond motifs is 1. The molecule has 6 atom stereocenters. The fourth-order valence-electron chi connectivity index (χ4n) is 4.70. The first-order valence-electron chi connectivity index (χ1n) is 12.1. The maximum atomic E-state index is 14.1. The lowest BCUT2D eigenvalue weighted by Gasteiger charge is -2.47. The molecule has 3 aromatic carbocycles. The monoisotopic (exact) mass is 625 g/mol. The van der Waals surface area contributed by atoms with Crippen molar-refractivity contribution in [2.45, 2.75) is 41.0 Å². The normalized spacial score (nSPS) is 26.4. The molecule has 6 rings (SSSR count). The fourth-order valence-corrected chi connectivity index (χ4v) is 6.28. The molecule has 6 unspecified atom stereocenters. The highest BCUT2D eigenvalue weighted by molar-refractivity contribution is 7.99. The van der Waals surface area contributed by atoms with Gasteiger partial charge >= 0.3 is 0 Å². The zero-order valence-corrected chi connectivity index (χ0v) is 23.4. The molecule has 7 nitrogen and oxygen atoms in total. The SMILES string of the molecule is OC1C(Sc2ccc(Cl)c(Cl)c2)OC2COC(c3ccccc3)OC2C1n1cc(-c2cc(F)c(Cl)c(F)c2)nn1. The lowest BCUT2D eigenvalue weighted by molar-refractivity contribution is -0.306. The molecule has 0 radical (unpaired) electrons. The molecule has 2 fully saturated rings. The molecule has 13 heteroatoms. The Bertz CT molecular complexity index is 1510. The molecule has 0 spiro atoms. The Kier molecular flexibility index (Phi) is 8.04. The van der Waals surface area contributed by atoms with Crippen LogP contribution in [0.1, 0.15) is 17.9 Å². The van der Waals surface area contributed by atoms with Gasteiger partial charge in [0.25, 0.3) is 0 Å². The Morgan fingerprint density at radius 2 is 1.70 bits per heavy atom. The lowest BCUT2D eigenvalue weighted by Crippen LogP contribution is -2.58. The molecule has 2 saturated heterocycles. The quantitative estimate of drug-likeness (QED) is 0.247. The largest absolute Gasteiger partial charge is 0.387 e. The molecule has 208 valence electrons. The van der Waals surface area contributed by atoms with E-state index in [1.54, 1.807) is 18.2 Å². The van der Waals surface area contributed by atoms with Crippen LogP contribution in [0, 0.1) is 11.6 Å². The average molecular weight is 627 g/mol. The number of thioether (sulfide) groups is 1. The second-order valence-corrected chi connectivity index (χ2v) is 11.6. The van der Waals surface area contributed by atoms with Crippen molar-refractivity contribution in [3.63, 3.8) is 0 Å². The standard InChI is InChI=1S/C27H20Cl3F2N3O4S/c28-16-7-6-15(10-17(16)29)40-27-24(36)23(25-21(38-27)12-37-26(39-25)13-4-2-1-3-5-13)35-11-20(33-34-35)14-8-18(31)22(30)19(32)9-14/h1-11,21,23-27,36H,12H2. The van der Waals surface area contributed by atoms with E-state index in [0.29, 0.717) is 10.0 Å². The second kappa shape index (κ2) is 11.5. The number of aliphatic hydroxyl groups excluding tert-OH is 1. The number of ether oxygens (including phenoxy) is 3. The Balaban J connectivity index is 1.34. The summed E-state index contributed by atoms with van der Waals surface area (Å²) in [4.78, 5) is 0.724. The second-order valence-electron chi connectivity index (χ2n) is 9.23. The van der Waals surface area contributed by atoms with Crippen LogP contribution in [0.25, 0.3) is 11.3 Å². The van der Waals surface area contributed by atoms with Crippen LogP contribution in [-0.2, 0) is 14.2 Å². The highest BCUT2D eigenvalue weighted by atomic mass is 35.5. The third-order valence-electron chi connectivity index (χ3n) is 6.64. The van der Waals surface area contributed by atoms with E-state index in [0.717, 1.165) is 22.6 Å². The van der Waals surface area contributed by atoms with E-state index in [1.165, 1.54) is 22.6 Å². The highest BCUT2D eigenvalue weighted by Crippen LogP contribution is 2.44. The molecular formula is C27H20Cl3F2N3O4S. The van der Waals surface area contributed by atoms with Crippen LogP contribution < -0.4 is 0 Å². The van der Waals surface area contributed by atoms with Crippen molar-refractivity contribution < 1.29 is 28.1 Å². The summed E-state index contributed by atoms with van der Waals surface area (Å²) in [6.07, 6.45) is -1.64. The van der Waals surface area contributed by atoms with Gasteiger partial charge in [-0.3, -0.25) is 0 Å². The smallest absolute Gasteiger partial charge is 0.184 e. The van der Waals surface area contributed by atoms with Gasteiger partial charge in [-0.1, -0.05) is 82.1 Å². The van der Waals surface area contributed by atoms with Crippen molar-refractivity contribution in [3.05, 3.63) is 99.1 Å². The molecule has 0 aliphatic carbocycles. The predicted molar refractivity (Wildman–Crippen MR) is 146 cm³/mol. The predicted octanol–water partition coefficient (Wildman–Crippen LogP) is 6.72. The number of hydrogen-bond donors (Lipinski definition) is 1. The number of nitrogens with zero attached hydrogens (tertiary/aromatic N) is 3. The van der Waals surface area contributed by atoms with Crippen molar-refractivity contribution in [2.24, 2.45) is 0 Å². The Hall–Kier alpha value is -2.28. The minimum atomic E-state index is -1.15.